The summed E-state index contributed by atoms with van der Waals surface area (Å²) < 4.78 is 10.2. The minimum atomic E-state index is -0.818. The van der Waals surface area contributed by atoms with Crippen molar-refractivity contribution in [3.63, 3.8) is 0 Å². The van der Waals surface area contributed by atoms with E-state index in [1.165, 1.54) is 0 Å². The van der Waals surface area contributed by atoms with Gasteiger partial charge in [-0.1, -0.05) is 19.4 Å². The molecule has 0 rings (SSSR count). The van der Waals surface area contributed by atoms with Crippen LogP contribution >= 0.6 is 0 Å². The van der Waals surface area contributed by atoms with Crippen LogP contribution in [0.1, 0.15) is 40.5 Å². The number of amides is 1. The number of esters is 1. The molecule has 0 aromatic rings. The van der Waals surface area contributed by atoms with E-state index in [0.717, 1.165) is 12.8 Å². The summed E-state index contributed by atoms with van der Waals surface area (Å²) in [7, 11) is 0. The van der Waals surface area contributed by atoms with Crippen molar-refractivity contribution >= 4 is 11.9 Å². The Kier molecular flexibility index (Phi) is 8.87. The highest BCUT2D eigenvalue weighted by Gasteiger charge is 2.22. The fourth-order valence-corrected chi connectivity index (χ4v) is 1.47. The molecule has 0 spiro atoms. The summed E-state index contributed by atoms with van der Waals surface area (Å²) in [5.74, 6) is -0.835. The van der Waals surface area contributed by atoms with Gasteiger partial charge in [-0.2, -0.15) is 0 Å². The van der Waals surface area contributed by atoms with Crippen LogP contribution in [0, 0.1) is 0 Å². The zero-order chi connectivity index (χ0) is 14.8. The summed E-state index contributed by atoms with van der Waals surface area (Å²) in [6.45, 7) is 10.9. The molecule has 1 amide bonds. The topological polar surface area (TPSA) is 64.6 Å². The average Bonchev–Trinajstić information content (AvgIpc) is 2.35. The van der Waals surface area contributed by atoms with Gasteiger partial charge < -0.3 is 14.8 Å². The van der Waals surface area contributed by atoms with Gasteiger partial charge in [0.15, 0.2) is 12.2 Å². The molecule has 0 bridgehead atoms. The van der Waals surface area contributed by atoms with E-state index in [1.54, 1.807) is 19.9 Å². The molecule has 5 heteroatoms. The lowest BCUT2D eigenvalue weighted by atomic mass is 10.2. The number of carbonyl (C=O) groups excluding carboxylic acids is 2. The summed E-state index contributed by atoms with van der Waals surface area (Å²) in [6, 6.07) is 0.0769. The van der Waals surface area contributed by atoms with E-state index >= 15 is 0 Å². The molecule has 0 aromatic heterocycles. The Morgan fingerprint density at radius 3 is 2.42 bits per heavy atom. The molecule has 0 heterocycles. The minimum absolute atomic E-state index is 0.0769. The third-order valence-electron chi connectivity index (χ3n) is 2.57. The second kappa shape index (κ2) is 9.55. The summed E-state index contributed by atoms with van der Waals surface area (Å²) in [5, 5.41) is 2.79. The summed E-state index contributed by atoms with van der Waals surface area (Å²) in [6.07, 6.45) is 1.91. The van der Waals surface area contributed by atoms with Gasteiger partial charge in [0, 0.05) is 6.04 Å². The van der Waals surface area contributed by atoms with E-state index in [4.69, 9.17) is 9.47 Å². The number of ether oxygens (including phenoxy) is 2. The lowest BCUT2D eigenvalue weighted by Crippen LogP contribution is -2.42. The van der Waals surface area contributed by atoms with E-state index < -0.39 is 18.2 Å². The maximum atomic E-state index is 11.8. The molecule has 0 saturated carbocycles. The molecular formula is C14H25NO4. The zero-order valence-corrected chi connectivity index (χ0v) is 12.3. The first kappa shape index (κ1) is 17.6. The van der Waals surface area contributed by atoms with Crippen LogP contribution in [0.3, 0.4) is 0 Å². The van der Waals surface area contributed by atoms with E-state index in [2.05, 4.69) is 11.9 Å². The van der Waals surface area contributed by atoms with E-state index in [0.29, 0.717) is 0 Å². The van der Waals surface area contributed by atoms with Gasteiger partial charge in [0.25, 0.3) is 5.91 Å². The van der Waals surface area contributed by atoms with E-state index in [-0.39, 0.29) is 18.6 Å². The maximum Gasteiger partial charge on any atom is 0.335 e. The Bertz CT molecular complexity index is 304. The quantitative estimate of drug-likeness (QED) is 0.513. The Hall–Kier alpha value is -1.36. The Balaban J connectivity index is 4.13. The minimum Gasteiger partial charge on any atom is -0.451 e. The molecule has 0 aliphatic heterocycles. The van der Waals surface area contributed by atoms with Crippen molar-refractivity contribution in [1.82, 2.24) is 5.32 Å². The second-order valence-electron chi connectivity index (χ2n) is 4.54. The first-order chi connectivity index (χ1) is 8.92. The smallest absolute Gasteiger partial charge is 0.335 e. The molecule has 3 unspecified atom stereocenters. The highest BCUT2D eigenvalue weighted by molar-refractivity contribution is 5.84. The highest BCUT2D eigenvalue weighted by Crippen LogP contribution is 2.01. The lowest BCUT2D eigenvalue weighted by molar-refractivity contribution is -0.164. The van der Waals surface area contributed by atoms with Gasteiger partial charge in [0.2, 0.25) is 0 Å². The Morgan fingerprint density at radius 1 is 1.26 bits per heavy atom. The lowest BCUT2D eigenvalue weighted by Gasteiger charge is -2.19. The predicted molar refractivity (Wildman–Crippen MR) is 73.7 cm³/mol. The molecule has 3 atom stereocenters. The first-order valence-electron chi connectivity index (χ1n) is 6.65. The molecule has 0 fully saturated rings. The average molecular weight is 271 g/mol. The normalized spacial score (nSPS) is 15.2. The maximum absolute atomic E-state index is 11.8. The number of nitrogens with one attached hydrogen (secondary N) is 1. The monoisotopic (exact) mass is 271 g/mol. The SMILES string of the molecule is C=CCOC(C)C(=O)OC(C)C(=O)NC(C)CCC. The molecule has 0 saturated heterocycles. The molecule has 1 N–H and O–H groups in total. The largest absolute Gasteiger partial charge is 0.451 e. The number of hydrogen-bond acceptors (Lipinski definition) is 4. The third kappa shape index (κ3) is 7.62. The van der Waals surface area contributed by atoms with Gasteiger partial charge in [0.05, 0.1) is 6.61 Å². The van der Waals surface area contributed by atoms with Crippen molar-refractivity contribution in [2.75, 3.05) is 6.61 Å². The summed E-state index contributed by atoms with van der Waals surface area (Å²) >= 11 is 0. The van der Waals surface area contributed by atoms with Crippen LogP contribution in [0.25, 0.3) is 0 Å². The molecule has 0 aromatic carbocycles. The van der Waals surface area contributed by atoms with Gasteiger partial charge in [-0.3, -0.25) is 4.79 Å². The molecule has 0 aliphatic carbocycles. The van der Waals surface area contributed by atoms with Crippen molar-refractivity contribution in [2.24, 2.45) is 0 Å². The fourth-order valence-electron chi connectivity index (χ4n) is 1.47. The molecule has 110 valence electrons. The third-order valence-corrected chi connectivity index (χ3v) is 2.57. The second-order valence-corrected chi connectivity index (χ2v) is 4.54. The van der Waals surface area contributed by atoms with Crippen LogP contribution in [-0.2, 0) is 19.1 Å². The molecule has 5 nitrogen and oxygen atoms in total. The van der Waals surface area contributed by atoms with Gasteiger partial charge >= 0.3 is 5.97 Å². The fraction of sp³-hybridized carbons (Fsp3) is 0.714. The van der Waals surface area contributed by atoms with Crippen molar-refractivity contribution in [2.45, 2.75) is 58.8 Å². The van der Waals surface area contributed by atoms with Crippen LogP contribution < -0.4 is 5.32 Å². The van der Waals surface area contributed by atoms with Gasteiger partial charge in [-0.05, 0) is 27.2 Å². The van der Waals surface area contributed by atoms with E-state index in [9.17, 15) is 9.59 Å². The standard InChI is InChI=1S/C14H25NO4/c1-6-8-10(3)15-13(16)11(4)19-14(17)12(5)18-9-7-2/h7,10-12H,2,6,8-9H2,1,3-5H3,(H,15,16). The number of rotatable bonds is 9. The van der Waals surface area contributed by atoms with Crippen molar-refractivity contribution in [3.8, 4) is 0 Å². The Labute approximate surface area is 115 Å². The first-order valence-corrected chi connectivity index (χ1v) is 6.65. The van der Waals surface area contributed by atoms with Crippen molar-refractivity contribution in [3.05, 3.63) is 12.7 Å². The number of hydrogen-bond donors (Lipinski definition) is 1. The van der Waals surface area contributed by atoms with Gasteiger partial charge in [-0.15, -0.1) is 6.58 Å². The molecular weight excluding hydrogens is 246 g/mol. The van der Waals surface area contributed by atoms with E-state index in [1.807, 2.05) is 13.8 Å². The van der Waals surface area contributed by atoms with Gasteiger partial charge in [0.1, 0.15) is 0 Å². The molecule has 19 heavy (non-hydrogen) atoms. The van der Waals surface area contributed by atoms with Crippen molar-refractivity contribution < 1.29 is 19.1 Å². The van der Waals surface area contributed by atoms with Crippen LogP contribution in [0.5, 0.6) is 0 Å². The predicted octanol–water partition coefficient (Wildman–Crippen LogP) is 1.81. The number of carbonyl (C=O) groups is 2. The van der Waals surface area contributed by atoms with Crippen LogP contribution in [0.2, 0.25) is 0 Å². The van der Waals surface area contributed by atoms with Crippen molar-refractivity contribution in [1.29, 1.82) is 0 Å². The summed E-state index contributed by atoms with van der Waals surface area (Å²) in [4.78, 5) is 23.4. The Morgan fingerprint density at radius 2 is 1.89 bits per heavy atom. The van der Waals surface area contributed by atoms with Crippen LogP contribution in [0.15, 0.2) is 12.7 Å². The molecule has 0 radical (unpaired) electrons. The zero-order valence-electron chi connectivity index (χ0n) is 12.3. The summed E-state index contributed by atoms with van der Waals surface area (Å²) in [5.41, 5.74) is 0. The highest BCUT2D eigenvalue weighted by atomic mass is 16.6. The van der Waals surface area contributed by atoms with Crippen LogP contribution in [0.4, 0.5) is 0 Å². The molecule has 0 aliphatic rings. The van der Waals surface area contributed by atoms with Gasteiger partial charge in [-0.25, -0.2) is 4.79 Å². The van der Waals surface area contributed by atoms with Crippen LogP contribution in [-0.4, -0.2) is 36.7 Å².